The molecule has 0 saturated carbocycles. The van der Waals surface area contributed by atoms with Gasteiger partial charge in [0.2, 0.25) is 0 Å². The van der Waals surface area contributed by atoms with Crippen LogP contribution in [-0.4, -0.2) is 30.4 Å². The van der Waals surface area contributed by atoms with Crippen LogP contribution < -0.4 is 0 Å². The molecule has 0 aliphatic heterocycles. The lowest BCUT2D eigenvalue weighted by atomic mass is 9.58. The highest BCUT2D eigenvalue weighted by molar-refractivity contribution is 6.37. The van der Waals surface area contributed by atoms with E-state index in [9.17, 15) is 19.2 Å². The average Bonchev–Trinajstić information content (AvgIpc) is 3.08. The van der Waals surface area contributed by atoms with Crippen molar-refractivity contribution in [2.24, 2.45) is 5.41 Å². The molecule has 0 saturated heterocycles. The lowest BCUT2D eigenvalue weighted by Gasteiger charge is -2.40. The van der Waals surface area contributed by atoms with E-state index in [0.29, 0.717) is 33.4 Å². The summed E-state index contributed by atoms with van der Waals surface area (Å²) in [6, 6.07) is 22.5. The highest BCUT2D eigenvalue weighted by Crippen LogP contribution is 2.57. The Kier molecular flexibility index (Phi) is 4.90. The van der Waals surface area contributed by atoms with Crippen LogP contribution in [0.15, 0.2) is 84.9 Å². The van der Waals surface area contributed by atoms with Gasteiger partial charge in [0.15, 0.2) is 17.3 Å². The molecule has 3 aromatic rings. The summed E-state index contributed by atoms with van der Waals surface area (Å²) in [5.41, 5.74) is 1.27. The fraction of sp³-hybridized carbons (Fsp3) is 0.143. The number of carbonyl (C=O) groups excluding carboxylic acids is 4. The van der Waals surface area contributed by atoms with Gasteiger partial charge in [0.05, 0.1) is 12.7 Å². The van der Waals surface area contributed by atoms with Crippen LogP contribution in [0.2, 0.25) is 0 Å². The second kappa shape index (κ2) is 7.78. The van der Waals surface area contributed by atoms with Crippen molar-refractivity contribution < 1.29 is 23.9 Å². The summed E-state index contributed by atoms with van der Waals surface area (Å²) in [5, 5.41) is 0. The molecule has 162 valence electrons. The first-order chi connectivity index (χ1) is 16.0. The van der Waals surface area contributed by atoms with Gasteiger partial charge in [0.25, 0.3) is 0 Å². The van der Waals surface area contributed by atoms with Crippen LogP contribution in [0.5, 0.6) is 0 Å². The molecule has 0 bridgehead atoms. The Bertz CT molecular complexity index is 1300. The van der Waals surface area contributed by atoms with Gasteiger partial charge in [-0.15, -0.1) is 0 Å². The van der Waals surface area contributed by atoms with Crippen LogP contribution >= 0.6 is 0 Å². The van der Waals surface area contributed by atoms with E-state index in [1.807, 2.05) is 30.3 Å². The van der Waals surface area contributed by atoms with E-state index < -0.39 is 17.3 Å². The van der Waals surface area contributed by atoms with Gasteiger partial charge in [-0.2, -0.15) is 0 Å². The Morgan fingerprint density at radius 2 is 1.39 bits per heavy atom. The van der Waals surface area contributed by atoms with Crippen LogP contribution in [0.25, 0.3) is 5.57 Å². The molecule has 0 radical (unpaired) electrons. The second-order valence-electron chi connectivity index (χ2n) is 8.27. The van der Waals surface area contributed by atoms with Crippen molar-refractivity contribution in [3.8, 4) is 0 Å². The summed E-state index contributed by atoms with van der Waals surface area (Å²) in [7, 11) is 1.30. The zero-order valence-corrected chi connectivity index (χ0v) is 17.9. The molecule has 0 aromatic heterocycles. The smallest absolute Gasteiger partial charge is 0.337 e. The van der Waals surface area contributed by atoms with Gasteiger partial charge in [-0.3, -0.25) is 14.4 Å². The lowest BCUT2D eigenvalue weighted by molar-refractivity contribution is -0.115. The number of carbonyl (C=O) groups is 4. The molecule has 1 spiro atoms. The third-order valence-electron chi connectivity index (χ3n) is 6.61. The van der Waals surface area contributed by atoms with Crippen LogP contribution in [0.1, 0.15) is 54.5 Å². The number of esters is 1. The topological polar surface area (TPSA) is 77.5 Å². The van der Waals surface area contributed by atoms with Gasteiger partial charge < -0.3 is 4.74 Å². The minimum Gasteiger partial charge on any atom is -0.465 e. The van der Waals surface area contributed by atoms with E-state index in [2.05, 4.69) is 0 Å². The molecule has 2 aliphatic carbocycles. The summed E-state index contributed by atoms with van der Waals surface area (Å²) in [4.78, 5) is 52.9. The van der Waals surface area contributed by atoms with E-state index in [-0.39, 0.29) is 23.8 Å². The molecular weight excluding hydrogens is 416 g/mol. The Morgan fingerprint density at radius 3 is 1.97 bits per heavy atom. The van der Waals surface area contributed by atoms with Gasteiger partial charge in [-0.25, -0.2) is 4.79 Å². The minimum atomic E-state index is -1.55. The molecule has 0 N–H and O–H groups in total. The number of hydrogen-bond acceptors (Lipinski definition) is 5. The highest BCUT2D eigenvalue weighted by atomic mass is 16.5. The molecule has 1 atom stereocenters. The SMILES string of the molecule is COC(=O)c1ccc([C@@H]2CC(=O)C=C(c3ccccc3)C23C(=O)c2ccccc2C3=O)cc1. The third kappa shape index (κ3) is 3.00. The van der Waals surface area contributed by atoms with Gasteiger partial charge >= 0.3 is 5.97 Å². The number of benzene rings is 3. The number of allylic oxidation sites excluding steroid dienone is 2. The second-order valence-corrected chi connectivity index (χ2v) is 8.27. The Hall–Kier alpha value is -4.12. The molecule has 3 aromatic carbocycles. The van der Waals surface area contributed by atoms with E-state index in [0.717, 1.165) is 0 Å². The standard InChI is InChI=1S/C28H20O5/c1-33-27(32)19-13-11-18(12-14-19)24-16-20(29)15-23(17-7-3-2-4-8-17)28(24)25(30)21-9-5-6-10-22(21)26(28)31/h2-15,24H,16H2,1H3/t24-/m0/s1. The Balaban J connectivity index is 1.75. The maximum atomic E-state index is 14.0. The first kappa shape index (κ1) is 20.8. The predicted molar refractivity (Wildman–Crippen MR) is 122 cm³/mol. The van der Waals surface area contributed by atoms with Crippen molar-refractivity contribution in [3.63, 3.8) is 0 Å². The molecule has 0 amide bonds. The number of Topliss-reactive ketones (excluding diaryl/α,β-unsaturated/α-hetero) is 2. The van der Waals surface area contributed by atoms with Gasteiger partial charge in [-0.05, 0) is 34.9 Å². The van der Waals surface area contributed by atoms with Crippen molar-refractivity contribution in [2.45, 2.75) is 12.3 Å². The van der Waals surface area contributed by atoms with Crippen molar-refractivity contribution >= 4 is 28.9 Å². The molecule has 5 nitrogen and oxygen atoms in total. The van der Waals surface area contributed by atoms with Crippen molar-refractivity contribution in [1.82, 2.24) is 0 Å². The van der Waals surface area contributed by atoms with Gasteiger partial charge in [0, 0.05) is 23.5 Å². The fourth-order valence-corrected chi connectivity index (χ4v) is 5.11. The third-order valence-corrected chi connectivity index (χ3v) is 6.61. The Labute approximate surface area is 190 Å². The molecular formula is C28H20O5. The van der Waals surface area contributed by atoms with E-state index in [1.165, 1.54) is 13.2 Å². The van der Waals surface area contributed by atoms with Gasteiger partial charge in [0.1, 0.15) is 5.41 Å². The summed E-state index contributed by atoms with van der Waals surface area (Å²) in [6.45, 7) is 0. The van der Waals surface area contributed by atoms with Crippen molar-refractivity contribution in [3.05, 3.63) is 113 Å². The monoisotopic (exact) mass is 436 g/mol. The molecule has 0 fully saturated rings. The summed E-state index contributed by atoms with van der Waals surface area (Å²) in [5.74, 6) is -1.94. The van der Waals surface area contributed by atoms with Crippen LogP contribution in [0.3, 0.4) is 0 Å². The number of rotatable bonds is 3. The Morgan fingerprint density at radius 1 is 0.818 bits per heavy atom. The zero-order valence-electron chi connectivity index (χ0n) is 17.9. The zero-order chi connectivity index (χ0) is 23.2. The largest absolute Gasteiger partial charge is 0.465 e. The fourth-order valence-electron chi connectivity index (χ4n) is 5.11. The van der Waals surface area contributed by atoms with E-state index in [1.54, 1.807) is 48.5 Å². The average molecular weight is 436 g/mol. The van der Waals surface area contributed by atoms with E-state index in [4.69, 9.17) is 4.74 Å². The molecule has 2 aliphatic rings. The molecule has 5 heteroatoms. The van der Waals surface area contributed by atoms with Crippen LogP contribution in [-0.2, 0) is 9.53 Å². The highest BCUT2D eigenvalue weighted by Gasteiger charge is 2.61. The number of fused-ring (bicyclic) bond motifs is 1. The summed E-state index contributed by atoms with van der Waals surface area (Å²) < 4.78 is 4.77. The van der Waals surface area contributed by atoms with Crippen molar-refractivity contribution in [2.75, 3.05) is 7.11 Å². The predicted octanol–water partition coefficient (Wildman–Crippen LogP) is 4.68. The number of methoxy groups -OCH3 is 1. The molecule has 5 rings (SSSR count). The van der Waals surface area contributed by atoms with Gasteiger partial charge in [-0.1, -0.05) is 66.7 Å². The van der Waals surface area contributed by atoms with Crippen LogP contribution in [0.4, 0.5) is 0 Å². The summed E-state index contributed by atoms with van der Waals surface area (Å²) >= 11 is 0. The lowest BCUT2D eigenvalue weighted by Crippen LogP contribution is -2.44. The maximum Gasteiger partial charge on any atom is 0.337 e. The maximum absolute atomic E-state index is 14.0. The first-order valence-corrected chi connectivity index (χ1v) is 10.7. The first-order valence-electron chi connectivity index (χ1n) is 10.7. The molecule has 0 unspecified atom stereocenters. The quantitative estimate of drug-likeness (QED) is 0.440. The summed E-state index contributed by atoms with van der Waals surface area (Å²) in [6.07, 6.45) is 1.47. The minimum absolute atomic E-state index is 0.0133. The normalized spacial score (nSPS) is 18.8. The molecule has 0 heterocycles. The number of hydrogen-bond donors (Lipinski definition) is 0. The van der Waals surface area contributed by atoms with Crippen LogP contribution in [0, 0.1) is 5.41 Å². The number of ketones is 3. The van der Waals surface area contributed by atoms with Crippen molar-refractivity contribution in [1.29, 1.82) is 0 Å². The molecule has 33 heavy (non-hydrogen) atoms. The van der Waals surface area contributed by atoms with E-state index >= 15 is 0 Å². The number of ether oxygens (including phenoxy) is 1.